The summed E-state index contributed by atoms with van der Waals surface area (Å²) in [4.78, 5) is 13.3. The molecule has 2 aromatic heterocycles. The Bertz CT molecular complexity index is 671. The number of halogens is 5. The van der Waals surface area contributed by atoms with Crippen molar-refractivity contribution >= 4 is 33.2 Å². The highest BCUT2D eigenvalue weighted by molar-refractivity contribution is 9.10. The summed E-state index contributed by atoms with van der Waals surface area (Å²) in [7, 11) is 0. The minimum atomic E-state index is -4.99. The summed E-state index contributed by atoms with van der Waals surface area (Å²) in [6.45, 7) is 0. The molecular weight excluding hydrogens is 368 g/mol. The number of rotatable bonds is 2. The van der Waals surface area contributed by atoms with E-state index >= 15 is 0 Å². The first-order chi connectivity index (χ1) is 9.21. The lowest BCUT2D eigenvalue weighted by atomic mass is 10.4. The van der Waals surface area contributed by atoms with Gasteiger partial charge < -0.3 is 0 Å². The molecule has 0 aliphatic carbocycles. The summed E-state index contributed by atoms with van der Waals surface area (Å²) in [6.07, 6.45) is -3.70. The zero-order chi connectivity index (χ0) is 15.1. The Morgan fingerprint density at radius 2 is 2.05 bits per heavy atom. The second kappa shape index (κ2) is 5.02. The molecule has 2 aromatic rings. The van der Waals surface area contributed by atoms with Crippen LogP contribution in [-0.4, -0.2) is 19.7 Å². The molecule has 11 heteroatoms. The third-order valence-corrected chi connectivity index (χ3v) is 2.99. The van der Waals surface area contributed by atoms with Gasteiger partial charge in [0.05, 0.1) is 4.92 Å². The van der Waals surface area contributed by atoms with Crippen LogP contribution in [0.4, 0.5) is 18.9 Å². The highest BCUT2D eigenvalue weighted by atomic mass is 79.9. The van der Waals surface area contributed by atoms with Crippen molar-refractivity contribution in [2.45, 2.75) is 6.18 Å². The molecule has 6 nitrogen and oxygen atoms in total. The van der Waals surface area contributed by atoms with Gasteiger partial charge in [-0.2, -0.15) is 23.0 Å². The van der Waals surface area contributed by atoms with Crippen molar-refractivity contribution < 1.29 is 18.1 Å². The van der Waals surface area contributed by atoms with Crippen LogP contribution >= 0.6 is 27.5 Å². The maximum absolute atomic E-state index is 12.7. The lowest BCUT2D eigenvalue weighted by Gasteiger charge is -2.01. The molecule has 0 aromatic carbocycles. The molecule has 0 amide bonds. The van der Waals surface area contributed by atoms with Gasteiger partial charge in [0.1, 0.15) is 0 Å². The smallest absolute Gasteiger partial charge is 0.258 e. The van der Waals surface area contributed by atoms with Crippen LogP contribution in [0.25, 0.3) is 5.82 Å². The van der Waals surface area contributed by atoms with E-state index in [1.807, 2.05) is 0 Å². The minimum absolute atomic E-state index is 0.0724. The van der Waals surface area contributed by atoms with E-state index in [0.29, 0.717) is 9.15 Å². The summed E-state index contributed by atoms with van der Waals surface area (Å²) in [5.74, 6) is -0.0724. The summed E-state index contributed by atoms with van der Waals surface area (Å²) in [6, 6.07) is 2.80. The number of nitrogens with zero attached hydrogens (tertiary/aromatic N) is 4. The molecule has 20 heavy (non-hydrogen) atoms. The molecule has 0 unspecified atom stereocenters. The van der Waals surface area contributed by atoms with Crippen molar-refractivity contribution in [2.75, 3.05) is 0 Å². The first-order valence-electron chi connectivity index (χ1n) is 4.84. The Balaban J connectivity index is 2.67. The molecular formula is C9H3BrClF3N4O2. The quantitative estimate of drug-likeness (QED) is 0.597. The molecule has 2 heterocycles. The lowest BCUT2D eigenvalue weighted by Crippen LogP contribution is -2.09. The SMILES string of the molecule is O=[N+]([O-])c1c(C(F)(F)F)nn(-c2ccc(Br)cn2)c1Cl. The molecule has 0 fully saturated rings. The molecule has 0 radical (unpaired) electrons. The Hall–Kier alpha value is -1.68. The van der Waals surface area contributed by atoms with E-state index in [9.17, 15) is 23.3 Å². The number of hydrogen-bond acceptors (Lipinski definition) is 4. The van der Waals surface area contributed by atoms with E-state index in [-0.39, 0.29) is 5.82 Å². The molecule has 0 aliphatic rings. The van der Waals surface area contributed by atoms with Crippen LogP contribution in [0.15, 0.2) is 22.8 Å². The average molecular weight is 372 g/mol. The van der Waals surface area contributed by atoms with Gasteiger partial charge in [0.25, 0.3) is 0 Å². The predicted octanol–water partition coefficient (Wildman–Crippen LogP) is 3.61. The van der Waals surface area contributed by atoms with Gasteiger partial charge in [0.2, 0.25) is 10.8 Å². The number of aromatic nitrogens is 3. The van der Waals surface area contributed by atoms with Gasteiger partial charge in [0.15, 0.2) is 5.82 Å². The molecule has 106 valence electrons. The van der Waals surface area contributed by atoms with Crippen LogP contribution in [0.3, 0.4) is 0 Å². The zero-order valence-electron chi connectivity index (χ0n) is 9.23. The van der Waals surface area contributed by atoms with E-state index in [1.165, 1.54) is 18.3 Å². The average Bonchev–Trinajstić information content (AvgIpc) is 2.68. The Kier molecular flexibility index (Phi) is 3.69. The van der Waals surface area contributed by atoms with Crippen LogP contribution < -0.4 is 0 Å². The fraction of sp³-hybridized carbons (Fsp3) is 0.111. The van der Waals surface area contributed by atoms with Crippen molar-refractivity contribution in [3.8, 4) is 5.82 Å². The molecule has 0 saturated heterocycles. The van der Waals surface area contributed by atoms with Crippen molar-refractivity contribution in [1.82, 2.24) is 14.8 Å². The summed E-state index contributed by atoms with van der Waals surface area (Å²) in [5, 5.41) is 13.1. The van der Waals surface area contributed by atoms with Gasteiger partial charge in [-0.1, -0.05) is 11.6 Å². The Morgan fingerprint density at radius 3 is 2.45 bits per heavy atom. The van der Waals surface area contributed by atoms with Gasteiger partial charge in [-0.15, -0.1) is 0 Å². The van der Waals surface area contributed by atoms with Gasteiger partial charge in [-0.25, -0.2) is 4.98 Å². The minimum Gasteiger partial charge on any atom is -0.258 e. The largest absolute Gasteiger partial charge is 0.442 e. The van der Waals surface area contributed by atoms with Gasteiger partial charge in [0, 0.05) is 10.7 Å². The molecule has 2 rings (SSSR count). The highest BCUT2D eigenvalue weighted by Crippen LogP contribution is 2.40. The maximum atomic E-state index is 12.7. The number of hydrogen-bond donors (Lipinski definition) is 0. The third-order valence-electron chi connectivity index (χ3n) is 2.19. The highest BCUT2D eigenvalue weighted by Gasteiger charge is 2.45. The summed E-state index contributed by atoms with van der Waals surface area (Å²) >= 11 is 8.71. The van der Waals surface area contributed by atoms with Crippen LogP contribution in [0.1, 0.15) is 5.69 Å². The topological polar surface area (TPSA) is 73.8 Å². The predicted molar refractivity (Wildman–Crippen MR) is 65.7 cm³/mol. The number of alkyl halides is 3. The fourth-order valence-electron chi connectivity index (χ4n) is 1.39. The summed E-state index contributed by atoms with van der Waals surface area (Å²) < 4.78 is 39.3. The van der Waals surface area contributed by atoms with E-state index in [0.717, 1.165) is 0 Å². The monoisotopic (exact) mass is 370 g/mol. The normalized spacial score (nSPS) is 11.7. The van der Waals surface area contributed by atoms with Crippen LogP contribution in [0.2, 0.25) is 5.15 Å². The van der Waals surface area contributed by atoms with Crippen molar-refractivity contribution in [3.05, 3.63) is 43.8 Å². The van der Waals surface area contributed by atoms with Gasteiger partial charge in [-0.05, 0) is 28.1 Å². The van der Waals surface area contributed by atoms with Crippen molar-refractivity contribution in [2.24, 2.45) is 0 Å². The fourth-order valence-corrected chi connectivity index (χ4v) is 1.90. The molecule has 0 saturated carbocycles. The maximum Gasteiger partial charge on any atom is 0.442 e. The second-order valence-electron chi connectivity index (χ2n) is 3.49. The van der Waals surface area contributed by atoms with Gasteiger partial charge >= 0.3 is 11.9 Å². The first kappa shape index (κ1) is 14.7. The third kappa shape index (κ3) is 2.61. The standard InChI is InChI=1S/C9H3BrClF3N4O2/c10-4-1-2-5(15-3-4)17-8(11)6(18(19)20)7(16-17)9(12,13)14/h1-3H. The molecule has 0 spiro atoms. The van der Waals surface area contributed by atoms with E-state index in [2.05, 4.69) is 26.0 Å². The van der Waals surface area contributed by atoms with Crippen LogP contribution in [0, 0.1) is 10.1 Å². The Labute approximate surface area is 122 Å². The Morgan fingerprint density at radius 1 is 1.40 bits per heavy atom. The van der Waals surface area contributed by atoms with E-state index < -0.39 is 27.6 Å². The van der Waals surface area contributed by atoms with Crippen molar-refractivity contribution in [1.29, 1.82) is 0 Å². The van der Waals surface area contributed by atoms with Gasteiger partial charge in [-0.3, -0.25) is 10.1 Å². The lowest BCUT2D eigenvalue weighted by molar-refractivity contribution is -0.388. The molecule has 0 atom stereocenters. The van der Waals surface area contributed by atoms with Crippen LogP contribution in [-0.2, 0) is 6.18 Å². The second-order valence-corrected chi connectivity index (χ2v) is 4.76. The van der Waals surface area contributed by atoms with E-state index in [4.69, 9.17) is 11.6 Å². The molecule has 0 bridgehead atoms. The number of nitro groups is 1. The first-order valence-corrected chi connectivity index (χ1v) is 6.01. The number of pyridine rings is 1. The zero-order valence-corrected chi connectivity index (χ0v) is 11.6. The molecule has 0 N–H and O–H groups in total. The summed E-state index contributed by atoms with van der Waals surface area (Å²) in [5.41, 5.74) is -2.97. The molecule has 0 aliphatic heterocycles. The van der Waals surface area contributed by atoms with E-state index in [1.54, 1.807) is 0 Å². The van der Waals surface area contributed by atoms with Crippen LogP contribution in [0.5, 0.6) is 0 Å². The van der Waals surface area contributed by atoms with Crippen molar-refractivity contribution in [3.63, 3.8) is 0 Å².